The Morgan fingerprint density at radius 2 is 1.86 bits per heavy atom. The van der Waals surface area contributed by atoms with Crippen molar-refractivity contribution in [3.8, 4) is 0 Å². The first-order valence-corrected chi connectivity index (χ1v) is 4.84. The number of anilines is 1. The van der Waals surface area contributed by atoms with E-state index in [4.69, 9.17) is 35.4 Å². The van der Waals surface area contributed by atoms with E-state index in [-0.39, 0.29) is 10.0 Å². The normalized spacial score (nSPS) is 9.71. The summed E-state index contributed by atoms with van der Waals surface area (Å²) >= 11 is 16.0. The van der Waals surface area contributed by atoms with Crippen LogP contribution in [0.2, 0.25) is 10.0 Å². The monoisotopic (exact) mass is 252 g/mol. The third-order valence-corrected chi connectivity index (χ3v) is 2.32. The average molecular weight is 253 g/mol. The van der Waals surface area contributed by atoms with E-state index in [2.05, 4.69) is 10.6 Å². The molecule has 14 heavy (non-hydrogen) atoms. The van der Waals surface area contributed by atoms with E-state index in [1.54, 1.807) is 7.05 Å². The fourth-order valence-electron chi connectivity index (χ4n) is 0.821. The number of rotatable bonds is 1. The molecule has 0 saturated heterocycles. The highest BCUT2D eigenvalue weighted by molar-refractivity contribution is 7.80. The van der Waals surface area contributed by atoms with E-state index >= 15 is 0 Å². The molecular formula is C8H7Cl2FN2S. The second-order valence-corrected chi connectivity index (χ2v) is 3.68. The molecule has 1 aromatic carbocycles. The van der Waals surface area contributed by atoms with Crippen molar-refractivity contribution in [3.63, 3.8) is 0 Å². The highest BCUT2D eigenvalue weighted by Gasteiger charge is 2.07. The summed E-state index contributed by atoms with van der Waals surface area (Å²) in [6, 6.07) is 2.82. The molecule has 0 spiro atoms. The molecular weight excluding hydrogens is 246 g/mol. The second kappa shape index (κ2) is 4.77. The Hall–Kier alpha value is -0.580. The van der Waals surface area contributed by atoms with Gasteiger partial charge in [0.15, 0.2) is 10.9 Å². The quantitative estimate of drug-likeness (QED) is 0.594. The summed E-state index contributed by atoms with van der Waals surface area (Å²) in [7, 11) is 1.67. The summed E-state index contributed by atoms with van der Waals surface area (Å²) in [6.45, 7) is 0. The van der Waals surface area contributed by atoms with Crippen LogP contribution >= 0.6 is 35.4 Å². The lowest BCUT2D eigenvalue weighted by molar-refractivity contribution is 0.629. The molecule has 0 aliphatic heterocycles. The van der Waals surface area contributed by atoms with Gasteiger partial charge in [0.25, 0.3) is 0 Å². The predicted molar refractivity (Wildman–Crippen MR) is 61.7 cm³/mol. The van der Waals surface area contributed by atoms with Crippen LogP contribution in [-0.4, -0.2) is 12.2 Å². The van der Waals surface area contributed by atoms with Crippen LogP contribution in [0.4, 0.5) is 10.1 Å². The maximum atomic E-state index is 13.0. The molecule has 0 saturated carbocycles. The second-order valence-electron chi connectivity index (χ2n) is 2.46. The Balaban J connectivity index is 2.95. The minimum atomic E-state index is -0.630. The topological polar surface area (TPSA) is 24.1 Å². The van der Waals surface area contributed by atoms with Gasteiger partial charge in [0.1, 0.15) is 0 Å². The predicted octanol–water partition coefficient (Wildman–Crippen LogP) is 3.05. The van der Waals surface area contributed by atoms with Crippen molar-refractivity contribution in [2.75, 3.05) is 12.4 Å². The number of benzene rings is 1. The molecule has 0 aliphatic carbocycles. The van der Waals surface area contributed by atoms with Gasteiger partial charge in [-0.25, -0.2) is 4.39 Å². The third kappa shape index (κ3) is 2.70. The number of thiocarbonyl (C=S) groups is 1. The lowest BCUT2D eigenvalue weighted by Crippen LogP contribution is -2.24. The van der Waals surface area contributed by atoms with Gasteiger partial charge in [0.05, 0.1) is 10.0 Å². The van der Waals surface area contributed by atoms with Crippen LogP contribution in [0.15, 0.2) is 12.1 Å². The molecule has 0 amide bonds. The fraction of sp³-hybridized carbons (Fsp3) is 0.125. The Labute approximate surface area is 96.4 Å². The molecule has 0 unspecified atom stereocenters. The number of hydrogen-bond acceptors (Lipinski definition) is 1. The minimum Gasteiger partial charge on any atom is -0.366 e. The van der Waals surface area contributed by atoms with Gasteiger partial charge in [-0.1, -0.05) is 23.2 Å². The van der Waals surface area contributed by atoms with Crippen LogP contribution in [0.5, 0.6) is 0 Å². The van der Waals surface area contributed by atoms with Gasteiger partial charge in [0, 0.05) is 12.7 Å². The zero-order valence-electron chi connectivity index (χ0n) is 7.20. The molecule has 0 atom stereocenters. The largest absolute Gasteiger partial charge is 0.366 e. The van der Waals surface area contributed by atoms with Crippen LogP contribution < -0.4 is 10.6 Å². The summed E-state index contributed by atoms with van der Waals surface area (Å²) in [5.41, 5.74) is 0.542. The van der Waals surface area contributed by atoms with Gasteiger partial charge in [0.2, 0.25) is 0 Å². The first kappa shape index (κ1) is 11.5. The van der Waals surface area contributed by atoms with Crippen LogP contribution in [0.3, 0.4) is 0 Å². The van der Waals surface area contributed by atoms with Gasteiger partial charge in [-0.2, -0.15) is 0 Å². The molecule has 0 fully saturated rings. The third-order valence-electron chi connectivity index (χ3n) is 1.47. The molecule has 0 bridgehead atoms. The van der Waals surface area contributed by atoms with Crippen molar-refractivity contribution in [1.82, 2.24) is 5.32 Å². The van der Waals surface area contributed by atoms with Gasteiger partial charge in [-0.15, -0.1) is 0 Å². The molecule has 2 nitrogen and oxygen atoms in total. The van der Waals surface area contributed by atoms with Crippen molar-refractivity contribution in [3.05, 3.63) is 28.0 Å². The number of nitrogens with one attached hydrogen (secondary N) is 2. The summed E-state index contributed by atoms with van der Waals surface area (Å²) in [4.78, 5) is 0. The molecule has 0 aromatic heterocycles. The smallest absolute Gasteiger partial charge is 0.170 e. The lowest BCUT2D eigenvalue weighted by atomic mass is 10.3. The zero-order valence-corrected chi connectivity index (χ0v) is 9.53. The van der Waals surface area contributed by atoms with E-state index in [1.165, 1.54) is 12.1 Å². The molecule has 2 N–H and O–H groups in total. The van der Waals surface area contributed by atoms with E-state index < -0.39 is 5.82 Å². The highest BCUT2D eigenvalue weighted by atomic mass is 35.5. The lowest BCUT2D eigenvalue weighted by Gasteiger charge is -2.08. The molecule has 0 heterocycles. The molecule has 1 aromatic rings. The fourth-order valence-corrected chi connectivity index (χ4v) is 1.43. The van der Waals surface area contributed by atoms with E-state index in [0.717, 1.165) is 0 Å². The Morgan fingerprint density at radius 1 is 1.36 bits per heavy atom. The van der Waals surface area contributed by atoms with Gasteiger partial charge < -0.3 is 10.6 Å². The Morgan fingerprint density at radius 3 is 2.29 bits per heavy atom. The number of halogens is 3. The van der Waals surface area contributed by atoms with Gasteiger partial charge in [-0.3, -0.25) is 0 Å². The first-order valence-electron chi connectivity index (χ1n) is 3.68. The maximum Gasteiger partial charge on any atom is 0.170 e. The standard InChI is InChI=1S/C8H7Cl2FN2S/c1-12-8(14)13-4-2-5(9)7(11)6(10)3-4/h2-3H,1H3,(H2,12,13,14). The summed E-state index contributed by atoms with van der Waals surface area (Å²) in [5, 5.41) is 5.81. The van der Waals surface area contributed by atoms with Crippen molar-refractivity contribution >= 4 is 46.2 Å². The Bertz CT molecular complexity index is 347. The molecule has 1 rings (SSSR count). The van der Waals surface area contributed by atoms with Crippen LogP contribution in [0.25, 0.3) is 0 Å². The average Bonchev–Trinajstić information content (AvgIpc) is 2.14. The van der Waals surface area contributed by atoms with Gasteiger partial charge in [-0.05, 0) is 24.4 Å². The molecule has 0 radical (unpaired) electrons. The summed E-state index contributed by atoms with van der Waals surface area (Å²) < 4.78 is 13.0. The first-order chi connectivity index (χ1) is 6.54. The van der Waals surface area contributed by atoms with Gasteiger partial charge >= 0.3 is 0 Å². The number of hydrogen-bond donors (Lipinski definition) is 2. The van der Waals surface area contributed by atoms with Crippen molar-refractivity contribution in [2.24, 2.45) is 0 Å². The van der Waals surface area contributed by atoms with Crippen LogP contribution in [0, 0.1) is 5.82 Å². The van der Waals surface area contributed by atoms with E-state index in [9.17, 15) is 4.39 Å². The molecule has 6 heteroatoms. The van der Waals surface area contributed by atoms with Crippen LogP contribution in [0.1, 0.15) is 0 Å². The van der Waals surface area contributed by atoms with E-state index in [1.807, 2.05) is 0 Å². The zero-order chi connectivity index (χ0) is 10.7. The van der Waals surface area contributed by atoms with Crippen molar-refractivity contribution in [2.45, 2.75) is 0 Å². The van der Waals surface area contributed by atoms with Crippen LogP contribution in [-0.2, 0) is 0 Å². The van der Waals surface area contributed by atoms with Crippen molar-refractivity contribution in [1.29, 1.82) is 0 Å². The SMILES string of the molecule is CNC(=S)Nc1cc(Cl)c(F)c(Cl)c1. The minimum absolute atomic E-state index is 0.0427. The van der Waals surface area contributed by atoms with Crippen molar-refractivity contribution < 1.29 is 4.39 Å². The highest BCUT2D eigenvalue weighted by Crippen LogP contribution is 2.27. The molecule has 0 aliphatic rings. The summed E-state index contributed by atoms with van der Waals surface area (Å²) in [5.74, 6) is -0.630. The maximum absolute atomic E-state index is 13.0. The Kier molecular flexibility index (Phi) is 3.92. The van der Waals surface area contributed by atoms with E-state index in [0.29, 0.717) is 10.8 Å². The molecule has 76 valence electrons. The summed E-state index contributed by atoms with van der Waals surface area (Å²) in [6.07, 6.45) is 0.